The molecule has 2 aromatic heterocycles. The maximum atomic E-state index is 5.99. The lowest BCUT2D eigenvalue weighted by Crippen LogP contribution is -2.06. The number of hydrogen-bond donors (Lipinski definition) is 1. The Hall–Kier alpha value is -2.20. The first-order valence-electron chi connectivity index (χ1n) is 6.87. The molecule has 0 aliphatic heterocycles. The van der Waals surface area contributed by atoms with Crippen molar-refractivity contribution in [3.8, 4) is 0 Å². The maximum absolute atomic E-state index is 5.99. The van der Waals surface area contributed by atoms with Crippen LogP contribution < -0.4 is 5.32 Å². The van der Waals surface area contributed by atoms with Crippen LogP contribution in [-0.4, -0.2) is 15.0 Å². The van der Waals surface area contributed by atoms with Crippen molar-refractivity contribution in [1.29, 1.82) is 0 Å². The molecule has 0 amide bonds. The Labute approximate surface area is 128 Å². The fourth-order valence-corrected chi connectivity index (χ4v) is 2.49. The van der Waals surface area contributed by atoms with Crippen molar-refractivity contribution >= 4 is 28.3 Å². The number of halogens is 1. The lowest BCUT2D eigenvalue weighted by Gasteiger charge is -2.11. The van der Waals surface area contributed by atoms with Gasteiger partial charge < -0.3 is 5.32 Å². The Balaban J connectivity index is 1.92. The number of nitrogens with one attached hydrogen (secondary N) is 1. The lowest BCUT2D eigenvalue weighted by atomic mass is 10.1. The highest BCUT2D eigenvalue weighted by Crippen LogP contribution is 2.22. The Morgan fingerprint density at radius 2 is 1.95 bits per heavy atom. The van der Waals surface area contributed by atoms with Gasteiger partial charge in [0.2, 0.25) is 5.28 Å². The molecule has 21 heavy (non-hydrogen) atoms. The van der Waals surface area contributed by atoms with E-state index in [9.17, 15) is 0 Å². The van der Waals surface area contributed by atoms with E-state index in [0.717, 1.165) is 28.8 Å². The van der Waals surface area contributed by atoms with Crippen LogP contribution in [0.4, 0.5) is 5.82 Å². The number of aryl methyl sites for hydroxylation is 1. The number of aromatic nitrogens is 3. The molecule has 1 aromatic carbocycles. The van der Waals surface area contributed by atoms with Gasteiger partial charge in [0.25, 0.3) is 0 Å². The molecule has 0 radical (unpaired) electrons. The molecular formula is C16H15ClN4. The topological polar surface area (TPSA) is 50.7 Å². The molecule has 5 heteroatoms. The molecule has 0 saturated heterocycles. The molecule has 0 atom stereocenters. The molecule has 0 saturated carbocycles. The first-order valence-corrected chi connectivity index (χ1v) is 7.24. The van der Waals surface area contributed by atoms with Crippen LogP contribution in [0.2, 0.25) is 5.28 Å². The lowest BCUT2D eigenvalue weighted by molar-refractivity contribution is 0.965. The summed E-state index contributed by atoms with van der Waals surface area (Å²) in [6.07, 6.45) is 2.72. The van der Waals surface area contributed by atoms with Crippen LogP contribution >= 0.6 is 11.6 Å². The Bertz CT molecular complexity index is 773. The van der Waals surface area contributed by atoms with Crippen LogP contribution in [0.25, 0.3) is 10.9 Å². The van der Waals surface area contributed by atoms with Crippen LogP contribution in [0, 0.1) is 0 Å². The van der Waals surface area contributed by atoms with Gasteiger partial charge in [-0.1, -0.05) is 25.1 Å². The fourth-order valence-electron chi connectivity index (χ4n) is 2.31. The van der Waals surface area contributed by atoms with Gasteiger partial charge in [-0.15, -0.1) is 0 Å². The van der Waals surface area contributed by atoms with Crippen LogP contribution in [0.3, 0.4) is 0 Å². The first kappa shape index (κ1) is 13.8. The maximum Gasteiger partial charge on any atom is 0.224 e. The number of nitrogens with zero attached hydrogens (tertiary/aromatic N) is 3. The summed E-state index contributed by atoms with van der Waals surface area (Å²) in [6, 6.07) is 11.8. The molecule has 3 aromatic rings. The second-order valence-corrected chi connectivity index (χ2v) is 5.01. The highest BCUT2D eigenvalue weighted by Gasteiger charge is 2.07. The zero-order chi connectivity index (χ0) is 14.7. The number of hydrogen-bond acceptors (Lipinski definition) is 4. The molecule has 1 N–H and O–H groups in total. The van der Waals surface area contributed by atoms with Crippen LogP contribution in [0.1, 0.15) is 18.2 Å². The Morgan fingerprint density at radius 3 is 2.81 bits per heavy atom. The monoisotopic (exact) mass is 298 g/mol. The highest BCUT2D eigenvalue weighted by molar-refractivity contribution is 6.28. The van der Waals surface area contributed by atoms with E-state index in [1.807, 2.05) is 36.5 Å². The normalized spacial score (nSPS) is 10.8. The number of benzene rings is 1. The van der Waals surface area contributed by atoms with E-state index in [1.54, 1.807) is 0 Å². The third kappa shape index (κ3) is 2.95. The molecule has 0 spiro atoms. The number of rotatable bonds is 4. The Kier molecular flexibility index (Phi) is 3.97. The third-order valence-corrected chi connectivity index (χ3v) is 3.51. The standard InChI is InChI=1S/C16H15ClN4/c1-2-13-11(6-5-9-18-13)10-19-15-12-7-3-4-8-14(12)20-16(17)21-15/h3-9H,2,10H2,1H3,(H,19,20,21). The molecule has 0 unspecified atom stereocenters. The van der Waals surface area contributed by atoms with E-state index in [1.165, 1.54) is 5.56 Å². The third-order valence-electron chi connectivity index (χ3n) is 3.34. The summed E-state index contributed by atoms with van der Waals surface area (Å²) in [7, 11) is 0. The SMILES string of the molecule is CCc1ncccc1CNc1nc(Cl)nc2ccccc12. The smallest absolute Gasteiger partial charge is 0.224 e. The molecule has 0 aliphatic carbocycles. The molecular weight excluding hydrogens is 284 g/mol. The number of fused-ring (bicyclic) bond motifs is 1. The van der Waals surface area contributed by atoms with Crippen molar-refractivity contribution in [1.82, 2.24) is 15.0 Å². The van der Waals surface area contributed by atoms with Crippen molar-refractivity contribution in [2.24, 2.45) is 0 Å². The summed E-state index contributed by atoms with van der Waals surface area (Å²) in [5.41, 5.74) is 3.09. The molecule has 106 valence electrons. The summed E-state index contributed by atoms with van der Waals surface area (Å²) in [4.78, 5) is 12.9. The predicted molar refractivity (Wildman–Crippen MR) is 85.5 cm³/mol. The van der Waals surface area contributed by atoms with Crippen molar-refractivity contribution in [2.75, 3.05) is 5.32 Å². The molecule has 2 heterocycles. The molecule has 0 aliphatic rings. The predicted octanol–water partition coefficient (Wildman–Crippen LogP) is 3.85. The first-order chi connectivity index (χ1) is 10.3. The van der Waals surface area contributed by atoms with Gasteiger partial charge in [-0.05, 0) is 41.8 Å². The van der Waals surface area contributed by atoms with Crippen LogP contribution in [0.15, 0.2) is 42.6 Å². The van der Waals surface area contributed by atoms with E-state index in [4.69, 9.17) is 11.6 Å². The highest BCUT2D eigenvalue weighted by atomic mass is 35.5. The second kappa shape index (κ2) is 6.06. The molecule has 4 nitrogen and oxygen atoms in total. The van der Waals surface area contributed by atoms with Gasteiger partial charge in [0.1, 0.15) is 5.82 Å². The second-order valence-electron chi connectivity index (χ2n) is 4.67. The van der Waals surface area contributed by atoms with Gasteiger partial charge in [0.15, 0.2) is 0 Å². The number of anilines is 1. The minimum Gasteiger partial charge on any atom is -0.365 e. The van der Waals surface area contributed by atoms with Crippen molar-refractivity contribution in [2.45, 2.75) is 19.9 Å². The average molecular weight is 299 g/mol. The summed E-state index contributed by atoms with van der Waals surface area (Å²) < 4.78 is 0. The summed E-state index contributed by atoms with van der Waals surface area (Å²) in [6.45, 7) is 2.76. The largest absolute Gasteiger partial charge is 0.365 e. The van der Waals surface area contributed by atoms with Gasteiger partial charge in [-0.25, -0.2) is 9.97 Å². The average Bonchev–Trinajstić information content (AvgIpc) is 2.52. The van der Waals surface area contributed by atoms with Crippen LogP contribution in [0.5, 0.6) is 0 Å². The molecule has 3 rings (SSSR count). The number of pyridine rings is 1. The van der Waals surface area contributed by atoms with Crippen molar-refractivity contribution in [3.63, 3.8) is 0 Å². The number of para-hydroxylation sites is 1. The van der Waals surface area contributed by atoms with E-state index < -0.39 is 0 Å². The minimum absolute atomic E-state index is 0.248. The van der Waals surface area contributed by atoms with Gasteiger partial charge in [-0.2, -0.15) is 0 Å². The fraction of sp³-hybridized carbons (Fsp3) is 0.188. The van der Waals surface area contributed by atoms with Crippen molar-refractivity contribution in [3.05, 3.63) is 59.1 Å². The summed E-state index contributed by atoms with van der Waals surface area (Å²) in [5.74, 6) is 0.747. The van der Waals surface area contributed by atoms with Gasteiger partial charge in [-0.3, -0.25) is 4.98 Å². The van der Waals surface area contributed by atoms with E-state index in [2.05, 4.69) is 33.3 Å². The van der Waals surface area contributed by atoms with Crippen molar-refractivity contribution < 1.29 is 0 Å². The quantitative estimate of drug-likeness (QED) is 0.743. The summed E-state index contributed by atoms with van der Waals surface area (Å²) in [5, 5.41) is 4.55. The molecule has 0 bridgehead atoms. The Morgan fingerprint density at radius 1 is 1.10 bits per heavy atom. The zero-order valence-corrected chi connectivity index (χ0v) is 12.4. The van der Waals surface area contributed by atoms with Crippen LogP contribution in [-0.2, 0) is 13.0 Å². The summed E-state index contributed by atoms with van der Waals surface area (Å²) >= 11 is 5.99. The van der Waals surface area contributed by atoms with E-state index >= 15 is 0 Å². The van der Waals surface area contributed by atoms with Gasteiger partial charge in [0, 0.05) is 23.8 Å². The van der Waals surface area contributed by atoms with E-state index in [0.29, 0.717) is 6.54 Å². The molecule has 0 fully saturated rings. The minimum atomic E-state index is 0.248. The zero-order valence-electron chi connectivity index (χ0n) is 11.7. The van der Waals surface area contributed by atoms with Gasteiger partial charge >= 0.3 is 0 Å². The van der Waals surface area contributed by atoms with E-state index in [-0.39, 0.29) is 5.28 Å². The van der Waals surface area contributed by atoms with Gasteiger partial charge in [0.05, 0.1) is 5.52 Å².